The maximum atomic E-state index is 4.56. The Balaban J connectivity index is 1.84. The van der Waals surface area contributed by atoms with Crippen molar-refractivity contribution in [2.75, 3.05) is 6.54 Å². The Labute approximate surface area is 97.3 Å². The lowest BCUT2D eigenvalue weighted by atomic mass is 10.1. The van der Waals surface area contributed by atoms with Gasteiger partial charge in [-0.15, -0.1) is 0 Å². The van der Waals surface area contributed by atoms with Crippen LogP contribution in [0.4, 0.5) is 0 Å². The Kier molecular flexibility index (Phi) is 2.96. The van der Waals surface area contributed by atoms with E-state index in [1.165, 1.54) is 49.9 Å². The molecule has 0 saturated heterocycles. The molecule has 3 heteroatoms. The molecule has 0 bridgehead atoms. The van der Waals surface area contributed by atoms with E-state index in [1.54, 1.807) is 0 Å². The minimum atomic E-state index is 0.733. The van der Waals surface area contributed by atoms with Gasteiger partial charge in [-0.2, -0.15) is 0 Å². The number of imidazole rings is 1. The molecule has 3 nitrogen and oxygen atoms in total. The van der Waals surface area contributed by atoms with Crippen LogP contribution in [-0.2, 0) is 13.0 Å². The quantitative estimate of drug-likeness (QED) is 0.735. The van der Waals surface area contributed by atoms with Crippen molar-refractivity contribution in [3.63, 3.8) is 0 Å². The lowest BCUT2D eigenvalue weighted by Crippen LogP contribution is -2.25. The molecule has 1 N–H and O–H groups in total. The Morgan fingerprint density at radius 3 is 2.81 bits per heavy atom. The molecule has 0 amide bonds. The first-order valence-corrected chi connectivity index (χ1v) is 6.70. The summed E-state index contributed by atoms with van der Waals surface area (Å²) in [6.07, 6.45) is 11.6. The van der Waals surface area contributed by atoms with Gasteiger partial charge in [0.05, 0.1) is 12.0 Å². The van der Waals surface area contributed by atoms with Gasteiger partial charge < -0.3 is 9.88 Å². The predicted octanol–water partition coefficient (Wildman–Crippen LogP) is 2.42. The van der Waals surface area contributed by atoms with Crippen molar-refractivity contribution in [2.45, 2.75) is 57.5 Å². The third-order valence-corrected chi connectivity index (χ3v) is 4.03. The summed E-state index contributed by atoms with van der Waals surface area (Å²) in [6, 6.07) is 0.733. The van der Waals surface area contributed by atoms with Gasteiger partial charge >= 0.3 is 0 Å². The van der Waals surface area contributed by atoms with Crippen LogP contribution in [0.15, 0.2) is 6.33 Å². The van der Waals surface area contributed by atoms with E-state index in [0.29, 0.717) is 0 Å². The second-order valence-electron chi connectivity index (χ2n) is 5.12. The summed E-state index contributed by atoms with van der Waals surface area (Å²) in [5.74, 6) is 0. The number of hydrogen-bond donors (Lipinski definition) is 1. The van der Waals surface area contributed by atoms with Gasteiger partial charge in [-0.3, -0.25) is 0 Å². The second kappa shape index (κ2) is 4.58. The number of rotatable bonds is 1. The SMILES string of the molecule is c1nc2c(n1C1CCCCCC1)CCNC2. The normalized spacial score (nSPS) is 22.8. The smallest absolute Gasteiger partial charge is 0.0954 e. The zero-order valence-electron chi connectivity index (χ0n) is 9.91. The Morgan fingerprint density at radius 1 is 1.19 bits per heavy atom. The average Bonchev–Trinajstić information content (AvgIpc) is 2.57. The largest absolute Gasteiger partial charge is 0.331 e. The number of aromatic nitrogens is 2. The molecule has 88 valence electrons. The standard InChI is InChI=1S/C13H21N3/c1-2-4-6-11(5-3-1)16-10-15-12-9-14-8-7-13(12)16/h10-11,14H,1-9H2. The highest BCUT2D eigenvalue weighted by Gasteiger charge is 2.20. The number of hydrogen-bond acceptors (Lipinski definition) is 2. The molecule has 0 aromatic carbocycles. The van der Waals surface area contributed by atoms with Crippen LogP contribution in [0.1, 0.15) is 56.0 Å². The third-order valence-electron chi connectivity index (χ3n) is 4.03. The molecule has 3 rings (SSSR count). The summed E-state index contributed by atoms with van der Waals surface area (Å²) >= 11 is 0. The molecule has 1 aromatic rings. The van der Waals surface area contributed by atoms with Crippen molar-refractivity contribution in [2.24, 2.45) is 0 Å². The maximum absolute atomic E-state index is 4.56. The minimum absolute atomic E-state index is 0.733. The highest BCUT2D eigenvalue weighted by molar-refractivity contribution is 5.17. The first kappa shape index (κ1) is 10.3. The van der Waals surface area contributed by atoms with Crippen LogP contribution in [0.25, 0.3) is 0 Å². The molecular weight excluding hydrogens is 198 g/mol. The predicted molar refractivity (Wildman–Crippen MR) is 64.4 cm³/mol. The van der Waals surface area contributed by atoms with Crippen molar-refractivity contribution in [3.8, 4) is 0 Å². The number of nitrogens with zero attached hydrogens (tertiary/aromatic N) is 2. The zero-order valence-corrected chi connectivity index (χ0v) is 9.91. The highest BCUT2D eigenvalue weighted by atomic mass is 15.1. The van der Waals surface area contributed by atoms with Gasteiger partial charge in [0.2, 0.25) is 0 Å². The average molecular weight is 219 g/mol. The third kappa shape index (κ3) is 1.88. The summed E-state index contributed by atoms with van der Waals surface area (Å²) in [5, 5.41) is 3.39. The monoisotopic (exact) mass is 219 g/mol. The highest BCUT2D eigenvalue weighted by Crippen LogP contribution is 2.29. The van der Waals surface area contributed by atoms with Crippen molar-refractivity contribution in [1.29, 1.82) is 0 Å². The Hall–Kier alpha value is -0.830. The molecule has 1 aliphatic carbocycles. The van der Waals surface area contributed by atoms with Gasteiger partial charge in [-0.05, 0) is 12.8 Å². The van der Waals surface area contributed by atoms with E-state index in [1.807, 2.05) is 0 Å². The maximum Gasteiger partial charge on any atom is 0.0954 e. The Bertz CT molecular complexity index is 348. The first-order chi connectivity index (χ1) is 7.95. The minimum Gasteiger partial charge on any atom is -0.331 e. The molecule has 2 aliphatic rings. The molecule has 0 unspecified atom stereocenters. The van der Waals surface area contributed by atoms with Crippen LogP contribution in [0.3, 0.4) is 0 Å². The van der Waals surface area contributed by atoms with Crippen molar-refractivity contribution >= 4 is 0 Å². The Morgan fingerprint density at radius 2 is 2.00 bits per heavy atom. The lowest BCUT2D eigenvalue weighted by Gasteiger charge is -2.21. The van der Waals surface area contributed by atoms with Gasteiger partial charge in [-0.25, -0.2) is 4.98 Å². The van der Waals surface area contributed by atoms with Gasteiger partial charge in [-0.1, -0.05) is 25.7 Å². The van der Waals surface area contributed by atoms with E-state index < -0.39 is 0 Å². The van der Waals surface area contributed by atoms with Crippen LogP contribution >= 0.6 is 0 Å². The summed E-state index contributed by atoms with van der Waals surface area (Å²) in [6.45, 7) is 2.08. The van der Waals surface area contributed by atoms with Crippen LogP contribution < -0.4 is 5.32 Å². The molecule has 1 saturated carbocycles. The molecule has 0 atom stereocenters. The zero-order chi connectivity index (χ0) is 10.8. The molecule has 1 aliphatic heterocycles. The number of nitrogens with one attached hydrogen (secondary N) is 1. The van der Waals surface area contributed by atoms with Crippen molar-refractivity contribution in [3.05, 3.63) is 17.7 Å². The van der Waals surface area contributed by atoms with Crippen molar-refractivity contribution in [1.82, 2.24) is 14.9 Å². The van der Waals surface area contributed by atoms with Crippen LogP contribution in [0, 0.1) is 0 Å². The van der Waals surface area contributed by atoms with Gasteiger partial charge in [0.25, 0.3) is 0 Å². The molecule has 1 fully saturated rings. The fourth-order valence-electron chi connectivity index (χ4n) is 3.11. The number of fused-ring (bicyclic) bond motifs is 1. The van der Waals surface area contributed by atoms with E-state index in [9.17, 15) is 0 Å². The molecular formula is C13H21N3. The van der Waals surface area contributed by atoms with Crippen LogP contribution in [-0.4, -0.2) is 16.1 Å². The van der Waals surface area contributed by atoms with E-state index >= 15 is 0 Å². The first-order valence-electron chi connectivity index (χ1n) is 6.70. The lowest BCUT2D eigenvalue weighted by molar-refractivity contribution is 0.425. The fourth-order valence-corrected chi connectivity index (χ4v) is 3.11. The molecule has 2 heterocycles. The van der Waals surface area contributed by atoms with E-state index in [2.05, 4.69) is 21.2 Å². The summed E-state index contributed by atoms with van der Waals surface area (Å²) in [5.41, 5.74) is 2.79. The summed E-state index contributed by atoms with van der Waals surface area (Å²) in [7, 11) is 0. The van der Waals surface area contributed by atoms with Crippen LogP contribution in [0.5, 0.6) is 0 Å². The van der Waals surface area contributed by atoms with E-state index in [4.69, 9.17) is 0 Å². The van der Waals surface area contributed by atoms with Crippen molar-refractivity contribution < 1.29 is 0 Å². The fraction of sp³-hybridized carbons (Fsp3) is 0.769. The molecule has 0 spiro atoms. The van der Waals surface area contributed by atoms with E-state index in [-0.39, 0.29) is 0 Å². The summed E-state index contributed by atoms with van der Waals surface area (Å²) in [4.78, 5) is 4.56. The topological polar surface area (TPSA) is 29.9 Å². The molecule has 16 heavy (non-hydrogen) atoms. The van der Waals surface area contributed by atoms with Gasteiger partial charge in [0, 0.05) is 31.2 Å². The van der Waals surface area contributed by atoms with Gasteiger partial charge in [0.15, 0.2) is 0 Å². The van der Waals surface area contributed by atoms with Gasteiger partial charge in [0.1, 0.15) is 0 Å². The second-order valence-corrected chi connectivity index (χ2v) is 5.12. The summed E-state index contributed by atoms with van der Waals surface area (Å²) < 4.78 is 2.49. The molecule has 0 radical (unpaired) electrons. The molecule has 1 aromatic heterocycles. The van der Waals surface area contributed by atoms with E-state index in [0.717, 1.165) is 25.6 Å². The van der Waals surface area contributed by atoms with Crippen LogP contribution in [0.2, 0.25) is 0 Å².